The zero-order valence-electron chi connectivity index (χ0n) is 6.92. The van der Waals surface area contributed by atoms with Crippen LogP contribution in [0.3, 0.4) is 0 Å². The van der Waals surface area contributed by atoms with Gasteiger partial charge >= 0.3 is 0 Å². The van der Waals surface area contributed by atoms with Crippen LogP contribution in [0.5, 0.6) is 0 Å². The summed E-state index contributed by atoms with van der Waals surface area (Å²) in [4.78, 5) is 1.15. The minimum atomic E-state index is -1.63. The summed E-state index contributed by atoms with van der Waals surface area (Å²) in [5, 5.41) is -1.20. The zero-order valence-corrected chi connectivity index (χ0v) is 9.26. The number of hydrogen-bond acceptors (Lipinski definition) is 0. The molecule has 0 aromatic heterocycles. The molecule has 15 heavy (non-hydrogen) atoms. The maximum absolute atomic E-state index is 13.1. The second-order valence-electron chi connectivity index (χ2n) is 2.40. The summed E-state index contributed by atoms with van der Waals surface area (Å²) in [6, 6.07) is 0. The van der Waals surface area contributed by atoms with Gasteiger partial charge in [0, 0.05) is 4.99 Å². The fourth-order valence-electron chi connectivity index (χ4n) is 0.863. The van der Waals surface area contributed by atoms with Crippen LogP contribution in [0.25, 0.3) is 6.08 Å². The van der Waals surface area contributed by atoms with Crippen molar-refractivity contribution in [2.75, 3.05) is 0 Å². The topological polar surface area (TPSA) is 0 Å². The van der Waals surface area contributed by atoms with E-state index in [2.05, 4.69) is 21.7 Å². The lowest BCUT2D eigenvalue weighted by Crippen LogP contribution is -2.00. The molecule has 1 aromatic carbocycles. The number of benzene rings is 1. The van der Waals surface area contributed by atoms with Gasteiger partial charge in [0.15, 0.2) is 23.3 Å². The second-order valence-corrected chi connectivity index (χ2v) is 3.24. The van der Waals surface area contributed by atoms with Crippen LogP contribution < -0.4 is 0 Å². The third-order valence-corrected chi connectivity index (χ3v) is 2.13. The summed E-state index contributed by atoms with van der Waals surface area (Å²) >= 11 is 7.79. The lowest BCUT2D eigenvalue weighted by atomic mass is 10.1. The summed E-state index contributed by atoms with van der Waals surface area (Å²) in [6.45, 7) is 0. The Bertz CT molecular complexity index is 435. The predicted molar refractivity (Wildman–Crippen MR) is 52.8 cm³/mol. The molecule has 0 nitrogen and oxygen atoms in total. The summed E-state index contributed by atoms with van der Waals surface area (Å²) in [6.07, 6.45) is 0.752. The van der Waals surface area contributed by atoms with Crippen LogP contribution in [-0.4, -0.2) is 0 Å². The van der Waals surface area contributed by atoms with Crippen LogP contribution in [-0.2, 0) is 0 Å². The zero-order chi connectivity index (χ0) is 11.6. The highest BCUT2D eigenvalue weighted by Crippen LogP contribution is 2.28. The van der Waals surface area contributed by atoms with Crippen LogP contribution in [0.15, 0.2) is 10.7 Å². The van der Waals surface area contributed by atoms with Gasteiger partial charge in [-0.15, -0.1) is 5.73 Å². The summed E-state index contributed by atoms with van der Waals surface area (Å²) in [5.74, 6) is -6.36. The fourth-order valence-corrected chi connectivity index (χ4v) is 1.16. The molecule has 0 N–H and O–H groups in total. The van der Waals surface area contributed by atoms with E-state index in [0.29, 0.717) is 0 Å². The van der Waals surface area contributed by atoms with Crippen molar-refractivity contribution in [3.05, 3.63) is 44.6 Å². The smallest absolute Gasteiger partial charge is 0.181 e. The van der Waals surface area contributed by atoms with E-state index in [-0.39, 0.29) is 0 Å². The molecule has 0 aliphatic heterocycles. The lowest BCUT2D eigenvalue weighted by Gasteiger charge is -2.03. The van der Waals surface area contributed by atoms with E-state index in [1.54, 1.807) is 0 Å². The van der Waals surface area contributed by atoms with Crippen LogP contribution >= 0.6 is 27.5 Å². The van der Waals surface area contributed by atoms with Crippen molar-refractivity contribution in [2.24, 2.45) is 0 Å². The van der Waals surface area contributed by atoms with Crippen molar-refractivity contribution in [1.82, 2.24) is 0 Å². The van der Waals surface area contributed by atoms with E-state index in [4.69, 9.17) is 11.6 Å². The van der Waals surface area contributed by atoms with Crippen molar-refractivity contribution in [3.63, 3.8) is 0 Å². The van der Waals surface area contributed by atoms with Gasteiger partial charge in [-0.05, 0) is 6.08 Å². The van der Waals surface area contributed by atoms with E-state index in [1.165, 1.54) is 0 Å². The molecule has 80 valence electrons. The molecule has 1 rings (SSSR count). The average molecular weight is 301 g/mol. The highest BCUT2D eigenvalue weighted by molar-refractivity contribution is 9.11. The van der Waals surface area contributed by atoms with Crippen LogP contribution in [0.2, 0.25) is 5.02 Å². The van der Waals surface area contributed by atoms with Crippen LogP contribution in [0.1, 0.15) is 5.56 Å². The molecule has 0 radical (unpaired) electrons. The second kappa shape index (κ2) is 4.84. The standard InChI is InChI=1S/C9H2BrClF4/c10-3-1-2-4-6(12)8(14)5(11)9(15)7(4)13/h2-3H. The van der Waals surface area contributed by atoms with Gasteiger partial charge in [0.25, 0.3) is 0 Å². The Morgan fingerprint density at radius 1 is 1.00 bits per heavy atom. The Morgan fingerprint density at radius 3 is 1.87 bits per heavy atom. The van der Waals surface area contributed by atoms with E-state index in [1.807, 2.05) is 0 Å². The number of rotatable bonds is 1. The molecule has 6 heteroatoms. The fraction of sp³-hybridized carbons (Fsp3) is 0. The molecule has 0 amide bonds. The highest BCUT2D eigenvalue weighted by atomic mass is 79.9. The van der Waals surface area contributed by atoms with E-state index < -0.39 is 33.9 Å². The summed E-state index contributed by atoms with van der Waals surface area (Å²) < 4.78 is 51.9. The van der Waals surface area contributed by atoms with Crippen molar-refractivity contribution in [3.8, 4) is 0 Å². The molecule has 0 atom stereocenters. The predicted octanol–water partition coefficient (Wildman–Crippen LogP) is 4.42. The van der Waals surface area contributed by atoms with E-state index in [0.717, 1.165) is 11.1 Å². The molecule has 0 bridgehead atoms. The van der Waals surface area contributed by atoms with Gasteiger partial charge in [-0.3, -0.25) is 0 Å². The van der Waals surface area contributed by atoms with Crippen LogP contribution in [0.4, 0.5) is 17.6 Å². The van der Waals surface area contributed by atoms with E-state index in [9.17, 15) is 17.6 Å². The first-order chi connectivity index (χ1) is 7.00. The van der Waals surface area contributed by atoms with Gasteiger partial charge in [-0.25, -0.2) is 17.6 Å². The normalized spacial score (nSPS) is 9.73. The van der Waals surface area contributed by atoms with Crippen molar-refractivity contribution in [1.29, 1.82) is 0 Å². The maximum Gasteiger partial charge on any atom is 0.181 e. The SMILES string of the molecule is Fc1c(F)c(C=C=CBr)c(F)c(F)c1Cl. The molecule has 0 heterocycles. The molecule has 0 aliphatic rings. The van der Waals surface area contributed by atoms with Crippen molar-refractivity contribution >= 4 is 33.6 Å². The van der Waals surface area contributed by atoms with Gasteiger partial charge in [0.05, 0.1) is 5.56 Å². The first kappa shape index (κ1) is 12.3. The Balaban J connectivity index is 3.59. The van der Waals surface area contributed by atoms with Gasteiger partial charge in [-0.1, -0.05) is 27.5 Å². The van der Waals surface area contributed by atoms with Gasteiger partial charge in [-0.2, -0.15) is 0 Å². The molecule has 0 saturated carbocycles. The largest absolute Gasteiger partial charge is 0.203 e. The monoisotopic (exact) mass is 300 g/mol. The Morgan fingerprint density at radius 2 is 1.47 bits per heavy atom. The van der Waals surface area contributed by atoms with Gasteiger partial charge < -0.3 is 0 Å². The lowest BCUT2D eigenvalue weighted by molar-refractivity contribution is 0.452. The van der Waals surface area contributed by atoms with Gasteiger partial charge in [0.2, 0.25) is 0 Å². The first-order valence-electron chi connectivity index (χ1n) is 3.53. The minimum Gasteiger partial charge on any atom is -0.203 e. The number of hydrogen-bond donors (Lipinski definition) is 0. The maximum atomic E-state index is 13.1. The molecule has 0 fully saturated rings. The quantitative estimate of drug-likeness (QED) is 0.312. The van der Waals surface area contributed by atoms with Crippen LogP contribution in [0, 0.1) is 23.3 Å². The third kappa shape index (κ3) is 2.25. The average Bonchev–Trinajstić information content (AvgIpc) is 2.24. The molecule has 0 unspecified atom stereocenters. The Hall–Kier alpha value is -0.770. The van der Waals surface area contributed by atoms with Gasteiger partial charge in [0.1, 0.15) is 5.02 Å². The third-order valence-electron chi connectivity index (χ3n) is 1.53. The Labute approximate surface area is 96.0 Å². The molecule has 1 aromatic rings. The highest BCUT2D eigenvalue weighted by Gasteiger charge is 2.22. The molecular formula is C9H2BrClF4. The van der Waals surface area contributed by atoms with Crippen molar-refractivity contribution < 1.29 is 17.6 Å². The summed E-state index contributed by atoms with van der Waals surface area (Å²) in [7, 11) is 0. The number of halogens is 6. The molecule has 0 saturated heterocycles. The summed E-state index contributed by atoms with van der Waals surface area (Å²) in [5.41, 5.74) is 1.36. The first-order valence-corrected chi connectivity index (χ1v) is 4.82. The molecule has 0 aliphatic carbocycles. The van der Waals surface area contributed by atoms with Crippen molar-refractivity contribution in [2.45, 2.75) is 0 Å². The van der Waals surface area contributed by atoms with E-state index >= 15 is 0 Å². The molecular weight excluding hydrogens is 299 g/mol. The minimum absolute atomic E-state index is 0.752. The Kier molecular flexibility index (Phi) is 3.97. The molecule has 0 spiro atoms.